The fourth-order valence-electron chi connectivity index (χ4n) is 2.38. The number of hydrogen-bond acceptors (Lipinski definition) is 2. The average Bonchev–Trinajstić information content (AvgIpc) is 2.46. The molecule has 2 rings (SSSR count). The molecule has 0 unspecified atom stereocenters. The maximum absolute atomic E-state index is 12.1. The first-order valence-corrected chi connectivity index (χ1v) is 7.01. The quantitative estimate of drug-likeness (QED) is 0.815. The average molecular weight is 296 g/mol. The summed E-state index contributed by atoms with van der Waals surface area (Å²) in [5.41, 5.74) is 1.06. The highest BCUT2D eigenvalue weighted by Gasteiger charge is 2.26. The van der Waals surface area contributed by atoms with Gasteiger partial charge in [-0.05, 0) is 18.4 Å². The summed E-state index contributed by atoms with van der Waals surface area (Å²) in [7, 11) is 0. The van der Waals surface area contributed by atoms with E-state index in [9.17, 15) is 13.2 Å². The summed E-state index contributed by atoms with van der Waals surface area (Å²) >= 11 is 0. The zero-order valence-electron chi connectivity index (χ0n) is 12.0. The minimum atomic E-state index is -4.16. The van der Waals surface area contributed by atoms with Crippen molar-refractivity contribution < 1.29 is 13.2 Å². The highest BCUT2D eigenvalue weighted by Crippen LogP contribution is 2.26. The molecule has 0 spiro atoms. The fraction of sp³-hybridized carbons (Fsp3) is 0.375. The Morgan fingerprint density at radius 2 is 1.76 bits per heavy atom. The summed E-state index contributed by atoms with van der Waals surface area (Å²) in [4.78, 5) is 2.09. The highest BCUT2D eigenvalue weighted by molar-refractivity contribution is 5.94. The first-order chi connectivity index (χ1) is 10.0. The summed E-state index contributed by atoms with van der Waals surface area (Å²) in [6.07, 6.45) is -4.16. The van der Waals surface area contributed by atoms with Gasteiger partial charge in [-0.3, -0.25) is 0 Å². The maximum Gasteiger partial charge on any atom is 0.401 e. The Hall–Kier alpha value is -1.75. The number of rotatable bonds is 6. The normalized spacial score (nSPS) is 11.8. The molecular weight excluding hydrogens is 277 g/mol. The van der Waals surface area contributed by atoms with Gasteiger partial charge < -0.3 is 10.2 Å². The smallest absolute Gasteiger partial charge is 0.370 e. The van der Waals surface area contributed by atoms with Crippen LogP contribution in [-0.2, 0) is 0 Å². The number of nitrogens with zero attached hydrogens (tertiary/aromatic N) is 1. The zero-order chi connectivity index (χ0) is 15.3. The second kappa shape index (κ2) is 6.80. The first kappa shape index (κ1) is 15.6. The van der Waals surface area contributed by atoms with Crippen molar-refractivity contribution in [3.63, 3.8) is 0 Å². The van der Waals surface area contributed by atoms with Crippen LogP contribution in [0.1, 0.15) is 6.92 Å². The predicted octanol–water partition coefficient (Wildman–Crippen LogP) is 3.82. The number of benzene rings is 2. The van der Waals surface area contributed by atoms with Crippen molar-refractivity contribution in [3.8, 4) is 0 Å². The van der Waals surface area contributed by atoms with Gasteiger partial charge in [-0.25, -0.2) is 0 Å². The van der Waals surface area contributed by atoms with Crippen molar-refractivity contribution in [1.82, 2.24) is 5.32 Å². The Morgan fingerprint density at radius 1 is 1.05 bits per heavy atom. The maximum atomic E-state index is 12.1. The predicted molar refractivity (Wildman–Crippen MR) is 80.8 cm³/mol. The molecule has 0 heterocycles. The number of likely N-dealkylation sites (N-methyl/N-ethyl adjacent to an activating group) is 1. The summed E-state index contributed by atoms with van der Waals surface area (Å²) in [6.45, 7) is 2.66. The standard InChI is InChI=1S/C16H19F3N2/c1-2-21(11-10-20-12-16(17,18)19)15-9-5-7-13-6-3-4-8-14(13)15/h3-9,20H,2,10-12H2,1H3. The van der Waals surface area contributed by atoms with Crippen LogP contribution in [0, 0.1) is 0 Å². The van der Waals surface area contributed by atoms with Crippen molar-refractivity contribution in [1.29, 1.82) is 0 Å². The largest absolute Gasteiger partial charge is 0.401 e. The minimum absolute atomic E-state index is 0.302. The second-order valence-electron chi connectivity index (χ2n) is 4.87. The van der Waals surface area contributed by atoms with Gasteiger partial charge in [0.25, 0.3) is 0 Å². The molecule has 0 saturated carbocycles. The van der Waals surface area contributed by atoms with Crippen molar-refractivity contribution >= 4 is 16.5 Å². The zero-order valence-corrected chi connectivity index (χ0v) is 12.0. The molecular formula is C16H19F3N2. The van der Waals surface area contributed by atoms with Crippen LogP contribution in [0.4, 0.5) is 18.9 Å². The molecule has 0 aliphatic carbocycles. The van der Waals surface area contributed by atoms with Crippen molar-refractivity contribution in [2.24, 2.45) is 0 Å². The summed E-state index contributed by atoms with van der Waals surface area (Å²) in [5, 5.41) is 4.70. The molecule has 5 heteroatoms. The molecule has 0 aromatic heterocycles. The van der Waals surface area contributed by atoms with Gasteiger partial charge in [-0.2, -0.15) is 13.2 Å². The molecule has 0 saturated heterocycles. The topological polar surface area (TPSA) is 15.3 Å². The third kappa shape index (κ3) is 4.36. The molecule has 21 heavy (non-hydrogen) atoms. The summed E-state index contributed by atoms with van der Waals surface area (Å²) in [5.74, 6) is 0. The van der Waals surface area contributed by atoms with E-state index in [1.165, 1.54) is 0 Å². The second-order valence-corrected chi connectivity index (χ2v) is 4.87. The Bertz CT molecular complexity index is 576. The number of anilines is 1. The van der Waals surface area contributed by atoms with Gasteiger partial charge in [0.05, 0.1) is 6.54 Å². The number of nitrogens with one attached hydrogen (secondary N) is 1. The molecule has 2 aromatic rings. The Morgan fingerprint density at radius 3 is 2.48 bits per heavy atom. The van der Waals surface area contributed by atoms with Gasteiger partial charge in [0.2, 0.25) is 0 Å². The lowest BCUT2D eigenvalue weighted by Crippen LogP contribution is -2.36. The molecule has 0 bridgehead atoms. The summed E-state index contributed by atoms with van der Waals surface area (Å²) in [6, 6.07) is 14.0. The van der Waals surface area contributed by atoms with Crippen molar-refractivity contribution in [3.05, 3.63) is 42.5 Å². The Kier molecular flexibility index (Phi) is 5.07. The lowest BCUT2D eigenvalue weighted by molar-refractivity contribution is -0.124. The fourth-order valence-corrected chi connectivity index (χ4v) is 2.38. The molecule has 2 nitrogen and oxygen atoms in total. The molecule has 1 N–H and O–H groups in total. The number of hydrogen-bond donors (Lipinski definition) is 1. The number of alkyl halides is 3. The lowest BCUT2D eigenvalue weighted by Gasteiger charge is -2.25. The van der Waals surface area contributed by atoms with Crippen LogP contribution in [0.2, 0.25) is 0 Å². The van der Waals surface area contributed by atoms with Crippen LogP contribution in [0.25, 0.3) is 10.8 Å². The van der Waals surface area contributed by atoms with Crippen molar-refractivity contribution in [2.45, 2.75) is 13.1 Å². The lowest BCUT2D eigenvalue weighted by atomic mass is 10.1. The molecule has 0 aliphatic heterocycles. The summed E-state index contributed by atoms with van der Waals surface area (Å²) < 4.78 is 36.4. The van der Waals surface area contributed by atoms with Crippen LogP contribution in [0.15, 0.2) is 42.5 Å². The monoisotopic (exact) mass is 296 g/mol. The van der Waals surface area contributed by atoms with E-state index in [-0.39, 0.29) is 0 Å². The first-order valence-electron chi connectivity index (χ1n) is 7.01. The van der Waals surface area contributed by atoms with E-state index >= 15 is 0 Å². The molecule has 114 valence electrons. The van der Waals surface area contributed by atoms with Crippen LogP contribution in [0.3, 0.4) is 0 Å². The molecule has 0 amide bonds. The SMILES string of the molecule is CCN(CCNCC(F)(F)F)c1cccc2ccccc12. The van der Waals surface area contributed by atoms with Gasteiger partial charge in [0.15, 0.2) is 0 Å². The third-order valence-electron chi connectivity index (χ3n) is 3.37. The molecule has 0 aliphatic rings. The van der Waals surface area contributed by atoms with Gasteiger partial charge in [-0.1, -0.05) is 36.4 Å². The molecule has 0 fully saturated rings. The molecule has 0 atom stereocenters. The molecule has 0 radical (unpaired) electrons. The van der Waals surface area contributed by atoms with Gasteiger partial charge in [0, 0.05) is 30.7 Å². The Labute approximate surface area is 122 Å². The minimum Gasteiger partial charge on any atom is -0.370 e. The van der Waals surface area contributed by atoms with Crippen LogP contribution < -0.4 is 10.2 Å². The Balaban J connectivity index is 2.06. The van der Waals surface area contributed by atoms with Crippen LogP contribution >= 0.6 is 0 Å². The van der Waals surface area contributed by atoms with E-state index in [0.29, 0.717) is 13.1 Å². The number of halogens is 3. The molecule has 2 aromatic carbocycles. The van der Waals surface area contributed by atoms with E-state index < -0.39 is 12.7 Å². The van der Waals surface area contributed by atoms with E-state index in [2.05, 4.69) is 10.2 Å². The van der Waals surface area contributed by atoms with Crippen LogP contribution in [0.5, 0.6) is 0 Å². The van der Waals surface area contributed by atoms with Crippen molar-refractivity contribution in [2.75, 3.05) is 31.1 Å². The van der Waals surface area contributed by atoms with Gasteiger partial charge in [0.1, 0.15) is 0 Å². The van der Waals surface area contributed by atoms with Gasteiger partial charge >= 0.3 is 6.18 Å². The van der Waals surface area contributed by atoms with Crippen LogP contribution in [-0.4, -0.2) is 32.4 Å². The van der Waals surface area contributed by atoms with E-state index in [1.54, 1.807) is 0 Å². The number of fused-ring (bicyclic) bond motifs is 1. The van der Waals surface area contributed by atoms with Gasteiger partial charge in [-0.15, -0.1) is 0 Å². The van der Waals surface area contributed by atoms with E-state index in [0.717, 1.165) is 23.0 Å². The highest BCUT2D eigenvalue weighted by atomic mass is 19.4. The van der Waals surface area contributed by atoms with E-state index in [4.69, 9.17) is 0 Å². The third-order valence-corrected chi connectivity index (χ3v) is 3.37. The van der Waals surface area contributed by atoms with E-state index in [1.807, 2.05) is 49.4 Å².